The summed E-state index contributed by atoms with van der Waals surface area (Å²) in [7, 11) is 0. The second-order valence-electron chi connectivity index (χ2n) is 4.04. The molecular formula is C14H16O2. The van der Waals surface area contributed by atoms with Crippen molar-refractivity contribution in [2.24, 2.45) is 0 Å². The molecule has 84 valence electrons. The van der Waals surface area contributed by atoms with Gasteiger partial charge >= 0.3 is 0 Å². The molecule has 0 radical (unpaired) electrons. The minimum atomic E-state index is 0.198. The Bertz CT molecular complexity index is 407. The van der Waals surface area contributed by atoms with Gasteiger partial charge < -0.3 is 4.74 Å². The maximum Gasteiger partial charge on any atom is 0.155 e. The molecule has 0 fully saturated rings. The van der Waals surface area contributed by atoms with E-state index in [1.54, 1.807) is 12.2 Å². The van der Waals surface area contributed by atoms with Gasteiger partial charge in [0.1, 0.15) is 5.75 Å². The zero-order valence-corrected chi connectivity index (χ0v) is 9.48. The van der Waals surface area contributed by atoms with Gasteiger partial charge in [-0.1, -0.05) is 24.3 Å². The van der Waals surface area contributed by atoms with Crippen LogP contribution in [0.2, 0.25) is 0 Å². The topological polar surface area (TPSA) is 26.3 Å². The normalized spacial score (nSPS) is 19.2. The molecule has 0 bridgehead atoms. The fraction of sp³-hybridized carbons (Fsp3) is 0.357. The lowest BCUT2D eigenvalue weighted by Gasteiger charge is -2.24. The number of hydrogen-bond donors (Lipinski definition) is 0. The molecule has 0 aromatic heterocycles. The summed E-state index contributed by atoms with van der Waals surface area (Å²) in [6, 6.07) is 8.00. The summed E-state index contributed by atoms with van der Waals surface area (Å²) in [6.07, 6.45) is 4.97. The summed E-state index contributed by atoms with van der Waals surface area (Å²) < 4.78 is 5.57. The van der Waals surface area contributed by atoms with Crippen LogP contribution < -0.4 is 4.74 Å². The summed E-state index contributed by atoms with van der Waals surface area (Å²) in [4.78, 5) is 11.6. The van der Waals surface area contributed by atoms with E-state index in [1.165, 1.54) is 5.56 Å². The lowest BCUT2D eigenvalue weighted by Crippen LogP contribution is -2.16. The van der Waals surface area contributed by atoms with Crippen LogP contribution in [0.4, 0.5) is 0 Å². The van der Waals surface area contributed by atoms with E-state index >= 15 is 0 Å². The highest BCUT2D eigenvalue weighted by Gasteiger charge is 2.22. The molecule has 1 heterocycles. The number of benzene rings is 1. The molecule has 0 spiro atoms. The Morgan fingerprint density at radius 3 is 3.12 bits per heavy atom. The first-order chi connectivity index (χ1) is 7.81. The summed E-state index contributed by atoms with van der Waals surface area (Å²) in [5.41, 5.74) is 1.17. The smallest absolute Gasteiger partial charge is 0.155 e. The Hall–Kier alpha value is -1.57. The fourth-order valence-electron chi connectivity index (χ4n) is 2.12. The van der Waals surface area contributed by atoms with Gasteiger partial charge in [0.05, 0.1) is 6.61 Å². The minimum absolute atomic E-state index is 0.198. The van der Waals surface area contributed by atoms with Gasteiger partial charge in [-0.2, -0.15) is 0 Å². The average Bonchev–Trinajstić information content (AvgIpc) is 2.30. The van der Waals surface area contributed by atoms with Crippen molar-refractivity contribution in [2.45, 2.75) is 25.7 Å². The van der Waals surface area contributed by atoms with Crippen molar-refractivity contribution < 1.29 is 9.53 Å². The average molecular weight is 216 g/mol. The first-order valence-electron chi connectivity index (χ1n) is 5.68. The number of allylic oxidation sites excluding steroid dienone is 2. The van der Waals surface area contributed by atoms with E-state index in [4.69, 9.17) is 4.74 Å². The molecule has 1 aromatic rings. The number of para-hydroxylation sites is 1. The van der Waals surface area contributed by atoms with E-state index in [1.807, 2.05) is 25.1 Å². The molecule has 1 aliphatic rings. The highest BCUT2D eigenvalue weighted by Crippen LogP contribution is 2.35. The van der Waals surface area contributed by atoms with Crippen molar-refractivity contribution in [2.75, 3.05) is 6.61 Å². The van der Waals surface area contributed by atoms with E-state index in [0.717, 1.165) is 12.2 Å². The zero-order chi connectivity index (χ0) is 11.4. The zero-order valence-electron chi connectivity index (χ0n) is 9.48. The van der Waals surface area contributed by atoms with Crippen LogP contribution in [-0.4, -0.2) is 12.4 Å². The van der Waals surface area contributed by atoms with Crippen LogP contribution in [-0.2, 0) is 4.79 Å². The lowest BCUT2D eigenvalue weighted by molar-refractivity contribution is -0.115. The van der Waals surface area contributed by atoms with Crippen LogP contribution in [0.15, 0.2) is 36.4 Å². The molecule has 2 nitrogen and oxygen atoms in total. The first kappa shape index (κ1) is 10.9. The van der Waals surface area contributed by atoms with Gasteiger partial charge in [0, 0.05) is 6.42 Å². The number of fused-ring (bicyclic) bond motifs is 1. The summed E-state index contributed by atoms with van der Waals surface area (Å²) >= 11 is 0. The van der Waals surface area contributed by atoms with Gasteiger partial charge in [0.15, 0.2) is 5.78 Å². The SMILES string of the molecule is C/C=C/C(=O)CC1CCOc2ccccc21. The highest BCUT2D eigenvalue weighted by molar-refractivity contribution is 5.90. The third-order valence-electron chi connectivity index (χ3n) is 2.88. The number of rotatable bonds is 3. The molecule has 0 aliphatic carbocycles. The van der Waals surface area contributed by atoms with Crippen molar-refractivity contribution in [1.82, 2.24) is 0 Å². The largest absolute Gasteiger partial charge is 0.493 e. The van der Waals surface area contributed by atoms with Crippen molar-refractivity contribution >= 4 is 5.78 Å². The Kier molecular flexibility index (Phi) is 3.40. The van der Waals surface area contributed by atoms with Crippen LogP contribution in [0.25, 0.3) is 0 Å². The predicted octanol–water partition coefficient (Wildman–Crippen LogP) is 3.09. The van der Waals surface area contributed by atoms with E-state index in [9.17, 15) is 4.79 Å². The molecule has 16 heavy (non-hydrogen) atoms. The maximum absolute atomic E-state index is 11.6. The monoisotopic (exact) mass is 216 g/mol. The Morgan fingerprint density at radius 2 is 2.31 bits per heavy atom. The van der Waals surface area contributed by atoms with E-state index < -0.39 is 0 Å². The van der Waals surface area contributed by atoms with E-state index in [0.29, 0.717) is 18.9 Å². The number of hydrogen-bond acceptors (Lipinski definition) is 2. The predicted molar refractivity (Wildman–Crippen MR) is 63.7 cm³/mol. The van der Waals surface area contributed by atoms with Crippen molar-refractivity contribution in [3.63, 3.8) is 0 Å². The second-order valence-corrected chi connectivity index (χ2v) is 4.04. The molecule has 1 unspecified atom stereocenters. The molecule has 0 saturated heterocycles. The minimum Gasteiger partial charge on any atom is -0.493 e. The van der Waals surface area contributed by atoms with Crippen LogP contribution >= 0.6 is 0 Å². The van der Waals surface area contributed by atoms with E-state index in [-0.39, 0.29) is 5.78 Å². The molecule has 0 N–H and O–H groups in total. The molecule has 1 atom stereocenters. The third kappa shape index (κ3) is 2.32. The molecule has 0 amide bonds. The van der Waals surface area contributed by atoms with Gasteiger partial charge in [-0.3, -0.25) is 4.79 Å². The number of carbonyl (C=O) groups excluding carboxylic acids is 1. The summed E-state index contributed by atoms with van der Waals surface area (Å²) in [5.74, 6) is 1.45. The van der Waals surface area contributed by atoms with Crippen molar-refractivity contribution in [3.8, 4) is 5.75 Å². The van der Waals surface area contributed by atoms with Crippen LogP contribution in [0.3, 0.4) is 0 Å². The molecular weight excluding hydrogens is 200 g/mol. The third-order valence-corrected chi connectivity index (χ3v) is 2.88. The van der Waals surface area contributed by atoms with Gasteiger partial charge in [0.25, 0.3) is 0 Å². The molecule has 1 aliphatic heterocycles. The van der Waals surface area contributed by atoms with Gasteiger partial charge in [-0.05, 0) is 37.0 Å². The molecule has 0 saturated carbocycles. The highest BCUT2D eigenvalue weighted by atomic mass is 16.5. The van der Waals surface area contributed by atoms with Crippen LogP contribution in [0.1, 0.15) is 31.2 Å². The second kappa shape index (κ2) is 4.97. The molecule has 1 aromatic carbocycles. The Labute approximate surface area is 95.9 Å². The van der Waals surface area contributed by atoms with Crippen molar-refractivity contribution in [3.05, 3.63) is 42.0 Å². The van der Waals surface area contributed by atoms with Crippen LogP contribution in [0.5, 0.6) is 5.75 Å². The Morgan fingerprint density at radius 1 is 1.50 bits per heavy atom. The molecule has 2 rings (SSSR count). The maximum atomic E-state index is 11.6. The number of ketones is 1. The van der Waals surface area contributed by atoms with E-state index in [2.05, 4.69) is 6.07 Å². The summed E-state index contributed by atoms with van der Waals surface area (Å²) in [5, 5.41) is 0. The standard InChI is InChI=1S/C14H16O2/c1-2-5-12(15)10-11-8-9-16-14-7-4-3-6-13(11)14/h2-7,11H,8-10H2,1H3/b5-2+. The van der Waals surface area contributed by atoms with Gasteiger partial charge in [-0.25, -0.2) is 0 Å². The summed E-state index contributed by atoms with van der Waals surface area (Å²) in [6.45, 7) is 2.58. The fourth-order valence-corrected chi connectivity index (χ4v) is 2.12. The van der Waals surface area contributed by atoms with Crippen LogP contribution in [0, 0.1) is 0 Å². The lowest BCUT2D eigenvalue weighted by atomic mass is 9.89. The number of ether oxygens (including phenoxy) is 1. The Balaban J connectivity index is 2.16. The first-order valence-corrected chi connectivity index (χ1v) is 5.68. The van der Waals surface area contributed by atoms with Gasteiger partial charge in [-0.15, -0.1) is 0 Å². The van der Waals surface area contributed by atoms with Gasteiger partial charge in [0.2, 0.25) is 0 Å². The quantitative estimate of drug-likeness (QED) is 0.726. The van der Waals surface area contributed by atoms with Crippen molar-refractivity contribution in [1.29, 1.82) is 0 Å². The number of carbonyl (C=O) groups is 1. The molecule has 2 heteroatoms.